The predicted octanol–water partition coefficient (Wildman–Crippen LogP) is 3.35. The summed E-state index contributed by atoms with van der Waals surface area (Å²) in [5, 5.41) is 3.48. The maximum atomic E-state index is 13.4. The molecule has 0 aliphatic carbocycles. The fourth-order valence-electron chi connectivity index (χ4n) is 3.23. The van der Waals surface area contributed by atoms with E-state index in [-0.39, 0.29) is 5.82 Å². The first-order valence-electron chi connectivity index (χ1n) is 7.48. The summed E-state index contributed by atoms with van der Waals surface area (Å²) in [5.74, 6) is -0.131. The molecule has 1 aliphatic rings. The Balaban J connectivity index is 2.17. The van der Waals surface area contributed by atoms with Crippen molar-refractivity contribution in [1.82, 2.24) is 10.2 Å². The lowest BCUT2D eigenvalue weighted by Gasteiger charge is -2.39. The van der Waals surface area contributed by atoms with Gasteiger partial charge in [-0.05, 0) is 50.0 Å². The zero-order valence-electron chi connectivity index (χ0n) is 12.0. The molecular formula is C16H25FN2. The first-order chi connectivity index (χ1) is 9.26. The number of nitrogens with zero attached hydrogens (tertiary/aromatic N) is 1. The monoisotopic (exact) mass is 264 g/mol. The molecule has 0 aromatic heterocycles. The Bertz CT molecular complexity index is 388. The third kappa shape index (κ3) is 3.54. The van der Waals surface area contributed by atoms with Gasteiger partial charge in [0.2, 0.25) is 0 Å². The van der Waals surface area contributed by atoms with Crippen LogP contribution in [0, 0.1) is 5.82 Å². The number of halogens is 1. The van der Waals surface area contributed by atoms with Gasteiger partial charge in [-0.15, -0.1) is 0 Å². The summed E-state index contributed by atoms with van der Waals surface area (Å²) in [6.45, 7) is 7.59. The number of benzene rings is 1. The molecule has 1 fully saturated rings. The van der Waals surface area contributed by atoms with Gasteiger partial charge in [0.1, 0.15) is 5.82 Å². The lowest BCUT2D eigenvalue weighted by atomic mass is 9.97. The van der Waals surface area contributed by atoms with E-state index in [0.29, 0.717) is 12.1 Å². The second-order valence-corrected chi connectivity index (χ2v) is 5.31. The fourth-order valence-corrected chi connectivity index (χ4v) is 3.23. The van der Waals surface area contributed by atoms with E-state index in [2.05, 4.69) is 30.1 Å². The first kappa shape index (κ1) is 14.5. The minimum atomic E-state index is -0.131. The maximum absolute atomic E-state index is 13.4. The minimum absolute atomic E-state index is 0.131. The van der Waals surface area contributed by atoms with Gasteiger partial charge in [-0.3, -0.25) is 4.90 Å². The third-order valence-electron chi connectivity index (χ3n) is 4.13. The van der Waals surface area contributed by atoms with Crippen molar-refractivity contribution in [3.63, 3.8) is 0 Å². The maximum Gasteiger partial charge on any atom is 0.123 e. The number of piperidine rings is 1. The van der Waals surface area contributed by atoms with Crippen LogP contribution in [-0.4, -0.2) is 30.6 Å². The highest BCUT2D eigenvalue weighted by Gasteiger charge is 2.26. The Morgan fingerprint density at radius 3 is 2.84 bits per heavy atom. The van der Waals surface area contributed by atoms with E-state index in [4.69, 9.17) is 0 Å². The second kappa shape index (κ2) is 7.01. The Morgan fingerprint density at radius 1 is 1.42 bits per heavy atom. The summed E-state index contributed by atoms with van der Waals surface area (Å²) < 4.78 is 13.4. The van der Waals surface area contributed by atoms with Crippen molar-refractivity contribution < 1.29 is 4.39 Å². The zero-order valence-corrected chi connectivity index (χ0v) is 12.0. The second-order valence-electron chi connectivity index (χ2n) is 5.31. The molecule has 3 heteroatoms. The van der Waals surface area contributed by atoms with E-state index >= 15 is 0 Å². The van der Waals surface area contributed by atoms with Crippen LogP contribution in [0.5, 0.6) is 0 Å². The molecule has 0 spiro atoms. The number of rotatable bonds is 5. The highest BCUT2D eigenvalue weighted by molar-refractivity contribution is 5.20. The molecule has 2 nitrogen and oxygen atoms in total. The van der Waals surface area contributed by atoms with Crippen molar-refractivity contribution in [3.8, 4) is 0 Å². The van der Waals surface area contributed by atoms with Crippen LogP contribution in [0.4, 0.5) is 4.39 Å². The summed E-state index contributed by atoms with van der Waals surface area (Å²) in [6.07, 6.45) is 3.50. The number of nitrogens with one attached hydrogen (secondary N) is 1. The summed E-state index contributed by atoms with van der Waals surface area (Å²) in [5.41, 5.74) is 1.11. The highest BCUT2D eigenvalue weighted by atomic mass is 19.1. The molecule has 0 saturated carbocycles. The fraction of sp³-hybridized carbons (Fsp3) is 0.625. The smallest absolute Gasteiger partial charge is 0.123 e. The van der Waals surface area contributed by atoms with Gasteiger partial charge in [-0.2, -0.15) is 0 Å². The van der Waals surface area contributed by atoms with Gasteiger partial charge >= 0.3 is 0 Å². The lowest BCUT2D eigenvalue weighted by molar-refractivity contribution is 0.115. The molecule has 1 aromatic carbocycles. The molecule has 106 valence electrons. The van der Waals surface area contributed by atoms with E-state index in [1.54, 1.807) is 6.07 Å². The van der Waals surface area contributed by atoms with Gasteiger partial charge in [0.15, 0.2) is 0 Å². The standard InChI is InChI=1S/C16H25FN2/c1-3-16(13-7-5-8-14(17)11-13)19(4-2)15-9-6-10-18-12-15/h5,7-8,11,15-16,18H,3-4,6,9-10,12H2,1-2H3. The molecule has 2 unspecified atom stereocenters. The Hall–Kier alpha value is -0.930. The van der Waals surface area contributed by atoms with Crippen LogP contribution in [0.2, 0.25) is 0 Å². The van der Waals surface area contributed by atoms with E-state index in [1.807, 2.05) is 6.07 Å². The van der Waals surface area contributed by atoms with Crippen molar-refractivity contribution in [2.24, 2.45) is 0 Å². The number of likely N-dealkylation sites (N-methyl/N-ethyl adjacent to an activating group) is 1. The SMILES string of the molecule is CCC(c1cccc(F)c1)N(CC)C1CCCNC1. The number of hydrogen-bond donors (Lipinski definition) is 1. The Kier molecular flexibility index (Phi) is 5.34. The normalized spacial score (nSPS) is 21.6. The third-order valence-corrected chi connectivity index (χ3v) is 4.13. The largest absolute Gasteiger partial charge is 0.315 e. The average Bonchev–Trinajstić information content (AvgIpc) is 2.45. The average molecular weight is 264 g/mol. The van der Waals surface area contributed by atoms with Crippen LogP contribution in [0.3, 0.4) is 0 Å². The van der Waals surface area contributed by atoms with Gasteiger partial charge in [-0.1, -0.05) is 26.0 Å². The van der Waals surface area contributed by atoms with E-state index in [9.17, 15) is 4.39 Å². The van der Waals surface area contributed by atoms with E-state index < -0.39 is 0 Å². The van der Waals surface area contributed by atoms with Crippen LogP contribution in [0.25, 0.3) is 0 Å². The predicted molar refractivity (Wildman–Crippen MR) is 77.7 cm³/mol. The summed E-state index contributed by atoms with van der Waals surface area (Å²) >= 11 is 0. The molecule has 1 heterocycles. The van der Waals surface area contributed by atoms with Crippen molar-refractivity contribution in [2.45, 2.75) is 45.2 Å². The first-order valence-corrected chi connectivity index (χ1v) is 7.48. The zero-order chi connectivity index (χ0) is 13.7. The van der Waals surface area contributed by atoms with Gasteiger partial charge in [0.25, 0.3) is 0 Å². The summed E-state index contributed by atoms with van der Waals surface area (Å²) in [6, 6.07) is 7.98. The van der Waals surface area contributed by atoms with Crippen LogP contribution in [-0.2, 0) is 0 Å². The van der Waals surface area contributed by atoms with Crippen LogP contribution in [0.15, 0.2) is 24.3 Å². The van der Waals surface area contributed by atoms with Crippen LogP contribution < -0.4 is 5.32 Å². The Labute approximate surface area is 116 Å². The van der Waals surface area contributed by atoms with Crippen molar-refractivity contribution in [3.05, 3.63) is 35.6 Å². The van der Waals surface area contributed by atoms with Crippen molar-refractivity contribution >= 4 is 0 Å². The molecule has 2 rings (SSSR count). The molecule has 1 N–H and O–H groups in total. The van der Waals surface area contributed by atoms with Crippen LogP contribution >= 0.6 is 0 Å². The highest BCUT2D eigenvalue weighted by Crippen LogP contribution is 2.28. The lowest BCUT2D eigenvalue weighted by Crippen LogP contribution is -2.47. The molecule has 1 saturated heterocycles. The number of hydrogen-bond acceptors (Lipinski definition) is 2. The molecule has 0 amide bonds. The molecular weight excluding hydrogens is 239 g/mol. The molecule has 2 atom stereocenters. The summed E-state index contributed by atoms with van der Waals surface area (Å²) in [4.78, 5) is 2.53. The van der Waals surface area contributed by atoms with E-state index in [0.717, 1.165) is 31.6 Å². The molecule has 19 heavy (non-hydrogen) atoms. The van der Waals surface area contributed by atoms with Crippen molar-refractivity contribution in [2.75, 3.05) is 19.6 Å². The van der Waals surface area contributed by atoms with Gasteiger partial charge in [-0.25, -0.2) is 4.39 Å². The molecule has 0 bridgehead atoms. The van der Waals surface area contributed by atoms with E-state index in [1.165, 1.54) is 18.9 Å². The molecule has 0 radical (unpaired) electrons. The van der Waals surface area contributed by atoms with Gasteiger partial charge in [0.05, 0.1) is 0 Å². The van der Waals surface area contributed by atoms with Crippen LogP contribution in [0.1, 0.15) is 44.7 Å². The molecule has 1 aromatic rings. The summed E-state index contributed by atoms with van der Waals surface area (Å²) in [7, 11) is 0. The molecule has 1 aliphatic heterocycles. The quantitative estimate of drug-likeness (QED) is 0.877. The minimum Gasteiger partial charge on any atom is -0.315 e. The van der Waals surface area contributed by atoms with Gasteiger partial charge < -0.3 is 5.32 Å². The Morgan fingerprint density at radius 2 is 2.26 bits per heavy atom. The van der Waals surface area contributed by atoms with Crippen molar-refractivity contribution in [1.29, 1.82) is 0 Å². The van der Waals surface area contributed by atoms with Gasteiger partial charge in [0, 0.05) is 18.6 Å². The topological polar surface area (TPSA) is 15.3 Å².